The largest absolute Gasteiger partial charge is 0.488 e. The van der Waals surface area contributed by atoms with E-state index < -0.39 is 11.4 Å². The average molecular weight is 360 g/mol. The summed E-state index contributed by atoms with van der Waals surface area (Å²) in [5, 5.41) is 15.8. The topological polar surface area (TPSA) is 102 Å². The Morgan fingerprint density at radius 3 is 2.58 bits per heavy atom. The van der Waals surface area contributed by atoms with Crippen LogP contribution in [-0.4, -0.2) is 28.7 Å². The molecular formula is C19H24N2O5. The second-order valence-electron chi connectivity index (χ2n) is 6.78. The van der Waals surface area contributed by atoms with Gasteiger partial charge in [-0.25, -0.2) is 0 Å². The van der Waals surface area contributed by atoms with Crippen molar-refractivity contribution >= 4 is 11.9 Å². The lowest BCUT2D eigenvalue weighted by atomic mass is 9.90. The van der Waals surface area contributed by atoms with Crippen LogP contribution in [0.3, 0.4) is 0 Å². The second kappa shape index (κ2) is 8.03. The molecule has 1 aromatic carbocycles. The molecule has 1 amide bonds. The molecule has 0 aliphatic carbocycles. The lowest BCUT2D eigenvalue weighted by Crippen LogP contribution is -2.32. The van der Waals surface area contributed by atoms with Gasteiger partial charge in [0.25, 0.3) is 5.91 Å². The molecule has 0 aliphatic rings. The van der Waals surface area contributed by atoms with Gasteiger partial charge in [-0.15, -0.1) is 0 Å². The van der Waals surface area contributed by atoms with Crippen molar-refractivity contribution in [1.29, 1.82) is 0 Å². The van der Waals surface area contributed by atoms with E-state index in [9.17, 15) is 9.59 Å². The molecule has 0 spiro atoms. The molecule has 0 fully saturated rings. The number of ether oxygens (including phenoxy) is 1. The minimum atomic E-state index is -0.896. The fourth-order valence-electron chi connectivity index (χ4n) is 2.33. The van der Waals surface area contributed by atoms with Crippen LogP contribution in [0, 0.1) is 19.3 Å². The van der Waals surface area contributed by atoms with Crippen molar-refractivity contribution in [2.75, 3.05) is 6.54 Å². The number of carbonyl (C=O) groups excluding carboxylic acids is 1. The number of nitrogens with one attached hydrogen (secondary N) is 1. The van der Waals surface area contributed by atoms with Gasteiger partial charge in [-0.05, 0) is 46.2 Å². The molecule has 0 saturated carbocycles. The Labute approximate surface area is 152 Å². The second-order valence-corrected chi connectivity index (χ2v) is 6.78. The van der Waals surface area contributed by atoms with Gasteiger partial charge in [0, 0.05) is 6.54 Å². The summed E-state index contributed by atoms with van der Waals surface area (Å²) in [5.74, 6) is -0.0710. The van der Waals surface area contributed by atoms with Crippen molar-refractivity contribution in [1.82, 2.24) is 10.5 Å². The van der Waals surface area contributed by atoms with Gasteiger partial charge in [-0.3, -0.25) is 9.59 Å². The molecule has 1 heterocycles. The van der Waals surface area contributed by atoms with Gasteiger partial charge in [-0.2, -0.15) is 0 Å². The van der Waals surface area contributed by atoms with Crippen LogP contribution in [0.5, 0.6) is 5.75 Å². The van der Waals surface area contributed by atoms with Crippen LogP contribution in [0.25, 0.3) is 0 Å². The number of para-hydroxylation sites is 1. The van der Waals surface area contributed by atoms with Crippen LogP contribution < -0.4 is 10.1 Å². The summed E-state index contributed by atoms with van der Waals surface area (Å²) in [5.41, 5.74) is 1.10. The molecule has 2 rings (SSSR count). The first-order chi connectivity index (χ1) is 12.2. The zero-order valence-corrected chi connectivity index (χ0v) is 15.5. The van der Waals surface area contributed by atoms with E-state index >= 15 is 0 Å². The normalized spacial score (nSPS) is 11.2. The lowest BCUT2D eigenvalue weighted by Gasteiger charge is -2.19. The van der Waals surface area contributed by atoms with Gasteiger partial charge in [-0.1, -0.05) is 17.3 Å². The van der Waals surface area contributed by atoms with Crippen molar-refractivity contribution in [2.24, 2.45) is 5.41 Å². The zero-order chi connectivity index (χ0) is 19.3. The Kier molecular flexibility index (Phi) is 6.02. The summed E-state index contributed by atoms with van der Waals surface area (Å²) in [6.07, 6.45) is 0.330. The molecule has 0 radical (unpaired) electrons. The maximum Gasteiger partial charge on any atom is 0.309 e. The number of aromatic nitrogens is 1. The molecule has 2 N–H and O–H groups in total. The number of carboxylic acids is 1. The standard InChI is InChI=1S/C19H24N2O5/c1-12-15(13(2)26-21-12)11-25-16-8-6-5-7-14(16)17(22)20-10-9-19(3,4)18(23)24/h5-8H,9-11H2,1-4H3,(H,20,22)(H,23,24). The molecule has 7 nitrogen and oxygen atoms in total. The zero-order valence-electron chi connectivity index (χ0n) is 15.5. The van der Waals surface area contributed by atoms with Gasteiger partial charge in [0.15, 0.2) is 0 Å². The third kappa shape index (κ3) is 4.62. The number of aliphatic carboxylic acids is 1. The van der Waals surface area contributed by atoms with Crippen molar-refractivity contribution in [3.05, 3.63) is 46.8 Å². The SMILES string of the molecule is Cc1noc(C)c1COc1ccccc1C(=O)NCCC(C)(C)C(=O)O. The number of amides is 1. The monoisotopic (exact) mass is 360 g/mol. The van der Waals surface area contributed by atoms with Gasteiger partial charge < -0.3 is 19.7 Å². The van der Waals surface area contributed by atoms with Gasteiger partial charge in [0.1, 0.15) is 18.1 Å². The highest BCUT2D eigenvalue weighted by atomic mass is 16.5. The number of hydrogen-bond donors (Lipinski definition) is 2. The quantitative estimate of drug-likeness (QED) is 0.750. The molecule has 0 bridgehead atoms. The molecule has 26 heavy (non-hydrogen) atoms. The smallest absolute Gasteiger partial charge is 0.309 e. The fraction of sp³-hybridized carbons (Fsp3) is 0.421. The van der Waals surface area contributed by atoms with Crippen molar-refractivity contribution < 1.29 is 24.0 Å². The van der Waals surface area contributed by atoms with Crippen LogP contribution >= 0.6 is 0 Å². The molecule has 2 aromatic rings. The summed E-state index contributed by atoms with van der Waals surface area (Å²) < 4.78 is 10.9. The predicted molar refractivity (Wildman–Crippen MR) is 95.1 cm³/mol. The number of nitrogens with zero attached hydrogens (tertiary/aromatic N) is 1. The van der Waals surface area contributed by atoms with Crippen molar-refractivity contribution in [3.8, 4) is 5.75 Å². The number of carbonyl (C=O) groups is 2. The summed E-state index contributed by atoms with van der Waals surface area (Å²) in [6, 6.07) is 6.92. The minimum Gasteiger partial charge on any atom is -0.488 e. The number of benzene rings is 1. The number of hydrogen-bond acceptors (Lipinski definition) is 5. The molecule has 1 aromatic heterocycles. The van der Waals surface area contributed by atoms with Crippen LogP contribution in [0.15, 0.2) is 28.8 Å². The Bertz CT molecular complexity index is 775. The summed E-state index contributed by atoms with van der Waals surface area (Å²) in [4.78, 5) is 23.6. The summed E-state index contributed by atoms with van der Waals surface area (Å²) >= 11 is 0. The van der Waals surface area contributed by atoms with Crippen LogP contribution in [0.2, 0.25) is 0 Å². The van der Waals surface area contributed by atoms with Crippen LogP contribution in [0.1, 0.15) is 47.6 Å². The van der Waals surface area contributed by atoms with E-state index in [1.54, 1.807) is 38.1 Å². The fourth-order valence-corrected chi connectivity index (χ4v) is 2.33. The van der Waals surface area contributed by atoms with E-state index in [-0.39, 0.29) is 19.1 Å². The molecule has 7 heteroatoms. The Hall–Kier alpha value is -2.83. The van der Waals surface area contributed by atoms with E-state index in [1.165, 1.54) is 0 Å². The van der Waals surface area contributed by atoms with Gasteiger partial charge in [0.2, 0.25) is 0 Å². The molecule has 0 saturated heterocycles. The van der Waals surface area contributed by atoms with E-state index in [0.29, 0.717) is 23.5 Å². The first-order valence-electron chi connectivity index (χ1n) is 8.37. The first-order valence-corrected chi connectivity index (χ1v) is 8.37. The lowest BCUT2D eigenvalue weighted by molar-refractivity contribution is -0.147. The average Bonchev–Trinajstić information content (AvgIpc) is 2.91. The Morgan fingerprint density at radius 2 is 1.96 bits per heavy atom. The van der Waals surface area contributed by atoms with E-state index in [2.05, 4.69) is 10.5 Å². The van der Waals surface area contributed by atoms with Gasteiger partial charge >= 0.3 is 5.97 Å². The third-order valence-electron chi connectivity index (χ3n) is 4.30. The van der Waals surface area contributed by atoms with Crippen molar-refractivity contribution in [2.45, 2.75) is 40.7 Å². The highest BCUT2D eigenvalue weighted by Gasteiger charge is 2.26. The highest BCUT2D eigenvalue weighted by molar-refractivity contribution is 5.96. The maximum absolute atomic E-state index is 12.4. The van der Waals surface area contributed by atoms with Gasteiger partial charge in [0.05, 0.1) is 22.2 Å². The van der Waals surface area contributed by atoms with Crippen LogP contribution in [0.4, 0.5) is 0 Å². The maximum atomic E-state index is 12.4. The molecular weight excluding hydrogens is 336 g/mol. The number of rotatable bonds is 8. The Balaban J connectivity index is 2.01. The Morgan fingerprint density at radius 1 is 1.27 bits per heavy atom. The molecule has 0 aliphatic heterocycles. The highest BCUT2D eigenvalue weighted by Crippen LogP contribution is 2.22. The number of carboxylic acid groups (broad SMARTS) is 1. The van der Waals surface area contributed by atoms with E-state index in [0.717, 1.165) is 11.3 Å². The first kappa shape index (κ1) is 19.5. The molecule has 140 valence electrons. The third-order valence-corrected chi connectivity index (χ3v) is 4.30. The molecule has 0 atom stereocenters. The van der Waals surface area contributed by atoms with E-state index in [4.69, 9.17) is 14.4 Å². The van der Waals surface area contributed by atoms with Crippen LogP contribution in [-0.2, 0) is 11.4 Å². The summed E-state index contributed by atoms with van der Waals surface area (Å²) in [6.45, 7) is 7.40. The minimum absolute atomic E-state index is 0.248. The summed E-state index contributed by atoms with van der Waals surface area (Å²) in [7, 11) is 0. The number of aryl methyl sites for hydroxylation is 2. The van der Waals surface area contributed by atoms with Crippen molar-refractivity contribution in [3.63, 3.8) is 0 Å². The molecule has 0 unspecified atom stereocenters. The van der Waals surface area contributed by atoms with E-state index in [1.807, 2.05) is 13.8 Å². The predicted octanol–water partition coefficient (Wildman–Crippen LogP) is 3.10.